The number of nitrogens with zero attached hydrogens (tertiary/aromatic N) is 3. The van der Waals surface area contributed by atoms with Gasteiger partial charge in [-0.25, -0.2) is 9.97 Å². The van der Waals surface area contributed by atoms with Crippen LogP contribution in [0.1, 0.15) is 19.4 Å². The number of aromatic nitrogens is 3. The maximum atomic E-state index is 13.1. The van der Waals surface area contributed by atoms with Gasteiger partial charge in [0, 0.05) is 6.20 Å². The molecule has 0 aliphatic rings. The van der Waals surface area contributed by atoms with Gasteiger partial charge in [0.05, 0.1) is 11.1 Å². The summed E-state index contributed by atoms with van der Waals surface area (Å²) >= 11 is 1.34. The van der Waals surface area contributed by atoms with Crippen LogP contribution in [0.4, 0.5) is 0 Å². The Morgan fingerprint density at radius 3 is 2.40 bits per heavy atom. The van der Waals surface area contributed by atoms with Crippen LogP contribution in [0.5, 0.6) is 11.5 Å². The number of hydrogen-bond acceptors (Lipinski definition) is 5. The second-order valence-electron chi connectivity index (χ2n) is 6.44. The highest BCUT2D eigenvalue weighted by Gasteiger charge is 2.17. The van der Waals surface area contributed by atoms with Gasteiger partial charge in [0.2, 0.25) is 0 Å². The Hall–Kier alpha value is -3.51. The van der Waals surface area contributed by atoms with Crippen molar-refractivity contribution < 1.29 is 4.74 Å². The molecular weight excluding hydrogens is 394 g/mol. The van der Waals surface area contributed by atoms with E-state index in [0.29, 0.717) is 16.0 Å². The SMILES string of the molecule is CC.Cc1ccc(-n2cnc3c(sc4nccc(Oc5ccccc5)c43)c2=O)cc1. The van der Waals surface area contributed by atoms with Gasteiger partial charge in [0.15, 0.2) is 0 Å². The van der Waals surface area contributed by atoms with Crippen molar-refractivity contribution in [2.24, 2.45) is 0 Å². The monoisotopic (exact) mass is 415 g/mol. The van der Waals surface area contributed by atoms with Crippen LogP contribution in [0.15, 0.2) is 78.0 Å². The number of benzene rings is 2. The average molecular weight is 416 g/mol. The number of fused-ring (bicyclic) bond motifs is 3. The molecule has 0 aliphatic carbocycles. The summed E-state index contributed by atoms with van der Waals surface area (Å²) in [7, 11) is 0. The molecule has 0 N–H and O–H groups in total. The minimum absolute atomic E-state index is 0.109. The van der Waals surface area contributed by atoms with Crippen LogP contribution in [0.25, 0.3) is 26.1 Å². The molecule has 0 spiro atoms. The number of pyridine rings is 1. The molecule has 0 bridgehead atoms. The molecule has 30 heavy (non-hydrogen) atoms. The Morgan fingerprint density at radius 2 is 1.67 bits per heavy atom. The lowest BCUT2D eigenvalue weighted by atomic mass is 10.2. The topological polar surface area (TPSA) is 57.0 Å². The third-order valence-corrected chi connectivity index (χ3v) is 5.60. The van der Waals surface area contributed by atoms with Crippen molar-refractivity contribution in [3.05, 3.63) is 89.1 Å². The number of rotatable bonds is 3. The lowest BCUT2D eigenvalue weighted by molar-refractivity contribution is 0.488. The second-order valence-corrected chi connectivity index (χ2v) is 7.44. The molecule has 0 saturated carbocycles. The van der Waals surface area contributed by atoms with Crippen LogP contribution in [-0.2, 0) is 0 Å². The summed E-state index contributed by atoms with van der Waals surface area (Å²) < 4.78 is 8.17. The fraction of sp³-hybridized carbons (Fsp3) is 0.125. The first-order chi connectivity index (χ1) is 14.7. The van der Waals surface area contributed by atoms with Gasteiger partial charge < -0.3 is 4.74 Å². The summed E-state index contributed by atoms with van der Waals surface area (Å²) in [5, 5.41) is 0.763. The first-order valence-corrected chi connectivity index (χ1v) is 10.6. The molecule has 0 unspecified atom stereocenters. The minimum Gasteiger partial charge on any atom is -0.456 e. The summed E-state index contributed by atoms with van der Waals surface area (Å²) in [5.74, 6) is 1.37. The molecule has 3 aromatic heterocycles. The van der Waals surface area contributed by atoms with Crippen LogP contribution < -0.4 is 10.3 Å². The zero-order chi connectivity index (χ0) is 21.1. The fourth-order valence-corrected chi connectivity index (χ4v) is 4.16. The van der Waals surface area contributed by atoms with E-state index in [1.54, 1.807) is 23.2 Å². The summed E-state index contributed by atoms with van der Waals surface area (Å²) in [5.41, 5.74) is 2.44. The van der Waals surface area contributed by atoms with E-state index in [-0.39, 0.29) is 5.56 Å². The zero-order valence-corrected chi connectivity index (χ0v) is 17.8. The molecule has 0 amide bonds. The quantitative estimate of drug-likeness (QED) is 0.356. The van der Waals surface area contributed by atoms with E-state index in [1.165, 1.54) is 11.3 Å². The van der Waals surface area contributed by atoms with E-state index in [1.807, 2.05) is 75.4 Å². The molecule has 150 valence electrons. The lowest BCUT2D eigenvalue weighted by Crippen LogP contribution is -2.17. The Bertz CT molecular complexity index is 1360. The Labute approximate surface area is 178 Å². The third kappa shape index (κ3) is 3.57. The van der Waals surface area contributed by atoms with Crippen LogP contribution in [0, 0.1) is 6.92 Å². The predicted octanol–water partition coefficient (Wildman–Crippen LogP) is 6.12. The summed E-state index contributed by atoms with van der Waals surface area (Å²) in [6.45, 7) is 6.01. The summed E-state index contributed by atoms with van der Waals surface area (Å²) in [4.78, 5) is 22.9. The third-order valence-electron chi connectivity index (χ3n) is 4.53. The smallest absolute Gasteiger partial charge is 0.275 e. The maximum Gasteiger partial charge on any atom is 0.275 e. The lowest BCUT2D eigenvalue weighted by Gasteiger charge is -2.07. The number of para-hydroxylation sites is 1. The Morgan fingerprint density at radius 1 is 0.933 bits per heavy atom. The molecule has 5 nitrogen and oxygen atoms in total. The number of aryl methyl sites for hydroxylation is 1. The van der Waals surface area contributed by atoms with E-state index in [0.717, 1.165) is 27.2 Å². The highest BCUT2D eigenvalue weighted by atomic mass is 32.1. The molecule has 0 atom stereocenters. The van der Waals surface area contributed by atoms with Crippen molar-refractivity contribution in [1.29, 1.82) is 0 Å². The van der Waals surface area contributed by atoms with E-state index < -0.39 is 0 Å². The van der Waals surface area contributed by atoms with Gasteiger partial charge in [-0.3, -0.25) is 9.36 Å². The van der Waals surface area contributed by atoms with Crippen molar-refractivity contribution in [2.45, 2.75) is 20.8 Å². The van der Waals surface area contributed by atoms with Crippen molar-refractivity contribution >= 4 is 31.8 Å². The fourth-order valence-electron chi connectivity index (χ4n) is 3.12. The highest BCUT2D eigenvalue weighted by Crippen LogP contribution is 2.37. The Kier molecular flexibility index (Phi) is 5.59. The number of ether oxygens (including phenoxy) is 1. The largest absolute Gasteiger partial charge is 0.456 e. The van der Waals surface area contributed by atoms with Gasteiger partial charge in [-0.15, -0.1) is 11.3 Å². The molecule has 0 fully saturated rings. The van der Waals surface area contributed by atoms with Gasteiger partial charge in [-0.05, 0) is 37.3 Å². The van der Waals surface area contributed by atoms with Gasteiger partial charge in [-0.2, -0.15) is 0 Å². The highest BCUT2D eigenvalue weighted by molar-refractivity contribution is 7.25. The van der Waals surface area contributed by atoms with Crippen molar-refractivity contribution in [2.75, 3.05) is 0 Å². The first kappa shape index (κ1) is 19.8. The van der Waals surface area contributed by atoms with Crippen molar-refractivity contribution in [3.8, 4) is 17.2 Å². The molecule has 6 heteroatoms. The number of thiophene rings is 1. The molecule has 5 rings (SSSR count). The Balaban J connectivity index is 0.00000106. The normalized spacial score (nSPS) is 10.6. The molecule has 3 heterocycles. The summed E-state index contributed by atoms with van der Waals surface area (Å²) in [6, 6.07) is 19.1. The molecule has 0 aliphatic heterocycles. The van der Waals surface area contributed by atoms with Crippen LogP contribution in [0.2, 0.25) is 0 Å². The molecule has 0 saturated heterocycles. The maximum absolute atomic E-state index is 13.1. The standard InChI is InChI=1S/C22H15N3O2S.C2H6/c1-14-7-9-15(10-8-14)25-13-24-19-18-17(27-16-5-3-2-4-6-16)11-12-23-21(18)28-20(19)22(25)26;1-2/h2-13H,1H3;1-2H3. The van der Waals surface area contributed by atoms with Crippen LogP contribution >= 0.6 is 11.3 Å². The van der Waals surface area contributed by atoms with E-state index in [4.69, 9.17) is 4.74 Å². The molecule has 5 aromatic rings. The van der Waals surface area contributed by atoms with Gasteiger partial charge in [0.25, 0.3) is 5.56 Å². The molecule has 2 aromatic carbocycles. The number of hydrogen-bond donors (Lipinski definition) is 0. The predicted molar refractivity (Wildman–Crippen MR) is 123 cm³/mol. The van der Waals surface area contributed by atoms with E-state index in [2.05, 4.69) is 9.97 Å². The average Bonchev–Trinajstić information content (AvgIpc) is 3.18. The van der Waals surface area contributed by atoms with Crippen LogP contribution in [-0.4, -0.2) is 14.5 Å². The van der Waals surface area contributed by atoms with Crippen molar-refractivity contribution in [3.63, 3.8) is 0 Å². The van der Waals surface area contributed by atoms with Gasteiger partial charge in [-0.1, -0.05) is 49.7 Å². The van der Waals surface area contributed by atoms with Gasteiger partial charge >= 0.3 is 0 Å². The minimum atomic E-state index is -0.109. The van der Waals surface area contributed by atoms with Gasteiger partial charge in [0.1, 0.15) is 32.9 Å². The second kappa shape index (κ2) is 8.47. The van der Waals surface area contributed by atoms with E-state index >= 15 is 0 Å². The first-order valence-electron chi connectivity index (χ1n) is 9.79. The molecule has 0 radical (unpaired) electrons. The van der Waals surface area contributed by atoms with Crippen molar-refractivity contribution in [1.82, 2.24) is 14.5 Å². The zero-order valence-electron chi connectivity index (χ0n) is 17.0. The van der Waals surface area contributed by atoms with Crippen LogP contribution in [0.3, 0.4) is 0 Å². The summed E-state index contributed by atoms with van der Waals surface area (Å²) in [6.07, 6.45) is 3.26. The molecular formula is C24H21N3O2S. The van der Waals surface area contributed by atoms with E-state index in [9.17, 15) is 4.79 Å².